The molecule has 0 fully saturated rings. The van der Waals surface area contributed by atoms with Gasteiger partial charge >= 0.3 is 0 Å². The highest BCUT2D eigenvalue weighted by atomic mass is 19.1. The molecule has 0 saturated carbocycles. The second-order valence-corrected chi connectivity index (χ2v) is 3.62. The molecule has 7 heteroatoms. The van der Waals surface area contributed by atoms with Crippen molar-refractivity contribution in [3.8, 4) is 17.5 Å². The molecule has 0 radical (unpaired) electrons. The third-order valence-electron chi connectivity index (χ3n) is 2.25. The first-order valence-electron chi connectivity index (χ1n) is 5.32. The lowest BCUT2D eigenvalue weighted by Gasteiger charge is -1.97. The fraction of sp³-hybridized carbons (Fsp3) is 0.0833. The van der Waals surface area contributed by atoms with Crippen molar-refractivity contribution in [1.82, 2.24) is 25.1 Å². The molecule has 2 rings (SSSR count). The van der Waals surface area contributed by atoms with Crippen molar-refractivity contribution in [3.05, 3.63) is 48.1 Å². The molecule has 2 aromatic rings. The van der Waals surface area contributed by atoms with Gasteiger partial charge in [0.05, 0.1) is 6.20 Å². The van der Waals surface area contributed by atoms with Crippen molar-refractivity contribution in [2.24, 2.45) is 0 Å². The smallest absolute Gasteiger partial charge is 0.164 e. The zero-order valence-electron chi connectivity index (χ0n) is 10.0. The molecular formula is C12H9FN6. The maximum atomic E-state index is 13.2. The van der Waals surface area contributed by atoms with E-state index in [0.717, 1.165) is 6.20 Å². The van der Waals surface area contributed by atoms with Crippen LogP contribution >= 0.6 is 0 Å². The molecular weight excluding hydrogens is 247 g/mol. The summed E-state index contributed by atoms with van der Waals surface area (Å²) >= 11 is 0. The van der Waals surface area contributed by atoms with Crippen LogP contribution in [0.5, 0.6) is 0 Å². The summed E-state index contributed by atoms with van der Waals surface area (Å²) in [5.41, 5.74) is 1.13. The van der Waals surface area contributed by atoms with E-state index in [4.69, 9.17) is 5.26 Å². The standard InChI is InChI=1S/C12H9FN6/c1-8-4-17-18-7-16-12(19-11(8)3-14)9-2-10(13)6-15-5-9/h2,4-7,17H,1H3. The van der Waals surface area contributed by atoms with Crippen molar-refractivity contribution >= 4 is 0 Å². The van der Waals surface area contributed by atoms with Gasteiger partial charge in [0.25, 0.3) is 0 Å². The molecule has 0 saturated heterocycles. The largest absolute Gasteiger partial charge is 0.284 e. The Morgan fingerprint density at radius 3 is 2.95 bits per heavy atom. The molecule has 19 heavy (non-hydrogen) atoms. The number of pyridine rings is 1. The number of hydrogen-bond acceptors (Lipinski definition) is 5. The number of aryl methyl sites for hydroxylation is 1. The molecule has 0 aliphatic carbocycles. The quantitative estimate of drug-likeness (QED) is 0.838. The van der Waals surface area contributed by atoms with Crippen molar-refractivity contribution in [1.29, 1.82) is 5.26 Å². The summed E-state index contributed by atoms with van der Waals surface area (Å²) in [6.45, 7) is 1.71. The fourth-order valence-corrected chi connectivity index (χ4v) is 1.33. The fourth-order valence-electron chi connectivity index (χ4n) is 1.33. The number of halogens is 1. The van der Waals surface area contributed by atoms with Crippen LogP contribution in [0, 0.1) is 24.1 Å². The third-order valence-corrected chi connectivity index (χ3v) is 2.25. The third kappa shape index (κ3) is 3.07. The van der Waals surface area contributed by atoms with Crippen LogP contribution in [0.1, 0.15) is 11.3 Å². The Balaban J connectivity index is 2.71. The van der Waals surface area contributed by atoms with Crippen molar-refractivity contribution < 1.29 is 4.39 Å². The average Bonchev–Trinajstić information content (AvgIpc) is 2.49. The first-order valence-corrected chi connectivity index (χ1v) is 5.32. The van der Waals surface area contributed by atoms with E-state index < -0.39 is 5.82 Å². The summed E-state index contributed by atoms with van der Waals surface area (Å²) in [5, 5.41) is 15.4. The van der Waals surface area contributed by atoms with E-state index in [1.807, 2.05) is 6.07 Å². The maximum absolute atomic E-state index is 13.2. The van der Waals surface area contributed by atoms with Crippen LogP contribution in [0.25, 0.3) is 11.4 Å². The van der Waals surface area contributed by atoms with Gasteiger partial charge in [-0.1, -0.05) is 0 Å². The Labute approximate surface area is 108 Å². The molecule has 0 amide bonds. The molecule has 0 aromatic carbocycles. The van der Waals surface area contributed by atoms with Gasteiger partial charge in [-0.05, 0) is 13.0 Å². The minimum Gasteiger partial charge on any atom is -0.284 e. The Morgan fingerprint density at radius 2 is 2.21 bits per heavy atom. The van der Waals surface area contributed by atoms with Crippen molar-refractivity contribution in [3.63, 3.8) is 0 Å². The lowest BCUT2D eigenvalue weighted by molar-refractivity contribution is 0.622. The number of aromatic nitrogens is 5. The van der Waals surface area contributed by atoms with E-state index in [1.165, 1.54) is 24.8 Å². The topological polar surface area (TPSA) is 91.1 Å². The molecule has 1 N–H and O–H groups in total. The van der Waals surface area contributed by atoms with E-state index in [1.54, 1.807) is 6.92 Å². The van der Waals surface area contributed by atoms with Crippen LogP contribution in [0.4, 0.5) is 4.39 Å². The Hall–Kier alpha value is -2.88. The first-order chi connectivity index (χ1) is 9.20. The van der Waals surface area contributed by atoms with Crippen LogP contribution in [-0.2, 0) is 0 Å². The second-order valence-electron chi connectivity index (χ2n) is 3.62. The highest BCUT2D eigenvalue weighted by Gasteiger charge is 2.04. The normalized spacial score (nSPS) is 9.53. The number of nitrogens with one attached hydrogen (secondary N) is 1. The predicted molar refractivity (Wildman–Crippen MR) is 64.4 cm³/mol. The molecule has 0 atom stereocenters. The van der Waals surface area contributed by atoms with Gasteiger partial charge in [0.2, 0.25) is 0 Å². The lowest BCUT2D eigenvalue weighted by atomic mass is 10.2. The van der Waals surface area contributed by atoms with Gasteiger partial charge < -0.3 is 0 Å². The first kappa shape index (κ1) is 12.6. The Morgan fingerprint density at radius 1 is 1.37 bits per heavy atom. The summed E-state index contributed by atoms with van der Waals surface area (Å²) in [5.74, 6) is -0.333. The molecule has 0 bridgehead atoms. The summed E-state index contributed by atoms with van der Waals surface area (Å²) in [6.07, 6.45) is 5.25. The second kappa shape index (κ2) is 5.64. The molecule has 2 aromatic heterocycles. The number of nitrogens with zero attached hydrogens (tertiary/aromatic N) is 5. The Kier molecular flexibility index (Phi) is 3.73. The van der Waals surface area contributed by atoms with E-state index in [9.17, 15) is 4.39 Å². The number of nitriles is 1. The van der Waals surface area contributed by atoms with Gasteiger partial charge in [-0.15, -0.1) is 0 Å². The molecule has 0 spiro atoms. The zero-order chi connectivity index (χ0) is 13.7. The maximum Gasteiger partial charge on any atom is 0.164 e. The lowest BCUT2D eigenvalue weighted by Crippen LogP contribution is -1.91. The van der Waals surface area contributed by atoms with Crippen LogP contribution in [-0.4, -0.2) is 25.1 Å². The SMILES string of the molecule is Cc1c[nH]ncnc(-c2cncc(F)c2)nc1C#N. The highest BCUT2D eigenvalue weighted by Crippen LogP contribution is 2.13. The minimum atomic E-state index is -0.504. The van der Waals surface area contributed by atoms with Crippen LogP contribution in [0.2, 0.25) is 0 Å². The number of H-pyrrole nitrogens is 1. The van der Waals surface area contributed by atoms with E-state index in [2.05, 4.69) is 25.1 Å². The van der Waals surface area contributed by atoms with Crippen molar-refractivity contribution in [2.75, 3.05) is 0 Å². The van der Waals surface area contributed by atoms with Gasteiger partial charge in [-0.2, -0.15) is 10.4 Å². The molecule has 6 nitrogen and oxygen atoms in total. The zero-order valence-corrected chi connectivity index (χ0v) is 10.0. The van der Waals surface area contributed by atoms with E-state index in [0.29, 0.717) is 11.1 Å². The molecule has 0 aliphatic heterocycles. The number of hydrogen-bond donors (Lipinski definition) is 1. The summed E-state index contributed by atoms with van der Waals surface area (Å²) in [6, 6.07) is 3.19. The molecule has 0 unspecified atom stereocenters. The van der Waals surface area contributed by atoms with Gasteiger partial charge in [0.15, 0.2) is 5.82 Å². The van der Waals surface area contributed by atoms with Crippen LogP contribution in [0.15, 0.2) is 31.0 Å². The monoisotopic (exact) mass is 256 g/mol. The van der Waals surface area contributed by atoms with Crippen molar-refractivity contribution in [2.45, 2.75) is 6.92 Å². The van der Waals surface area contributed by atoms with Gasteiger partial charge in [-0.25, -0.2) is 14.4 Å². The molecule has 2 heterocycles. The molecule has 94 valence electrons. The minimum absolute atomic E-state index is 0.168. The Bertz CT molecular complexity index is 687. The predicted octanol–water partition coefficient (Wildman–Crippen LogP) is 1.71. The number of aromatic amines is 1. The number of rotatable bonds is 1. The summed E-state index contributed by atoms with van der Waals surface area (Å²) < 4.78 is 13.2. The van der Waals surface area contributed by atoms with E-state index in [-0.39, 0.29) is 11.5 Å². The van der Waals surface area contributed by atoms with Gasteiger partial charge in [-0.3, -0.25) is 10.1 Å². The van der Waals surface area contributed by atoms with Crippen LogP contribution < -0.4 is 0 Å². The molecule has 0 aliphatic rings. The average molecular weight is 256 g/mol. The summed E-state index contributed by atoms with van der Waals surface area (Å²) in [7, 11) is 0. The van der Waals surface area contributed by atoms with Gasteiger partial charge in [0.1, 0.15) is 23.9 Å². The highest BCUT2D eigenvalue weighted by molar-refractivity contribution is 5.53. The van der Waals surface area contributed by atoms with E-state index >= 15 is 0 Å². The van der Waals surface area contributed by atoms with Gasteiger partial charge in [0, 0.05) is 23.5 Å². The summed E-state index contributed by atoms with van der Waals surface area (Å²) in [4.78, 5) is 11.8. The van der Waals surface area contributed by atoms with Crippen LogP contribution in [0.3, 0.4) is 0 Å².